The predicted molar refractivity (Wildman–Crippen MR) is 343 cm³/mol. The number of thioether (sulfide) groups is 1. The van der Waals surface area contributed by atoms with Gasteiger partial charge in [-0.05, 0) is 177 Å². The van der Waals surface area contributed by atoms with Gasteiger partial charge in [-0.3, -0.25) is 47.9 Å². The number of carbonyl (C=O) groups excluding carboxylic acids is 11. The number of carbonyl (C=O) groups is 11. The summed E-state index contributed by atoms with van der Waals surface area (Å²) in [7, 11) is 5.66. The number of amides is 11. The Morgan fingerprint density at radius 3 is 1.08 bits per heavy atom. The number of hydrogen-bond acceptors (Lipinski definition) is 15. The van der Waals surface area contributed by atoms with E-state index in [0.29, 0.717) is 121 Å². The maximum absolute atomic E-state index is 14.6. The molecule has 2 unspecified atom stereocenters. The molecule has 0 aliphatic carbocycles. The molecule has 26 heteroatoms. The van der Waals surface area contributed by atoms with Crippen molar-refractivity contribution in [3.05, 3.63) is 0 Å². The molecule has 14 N–H and O–H groups in total. The van der Waals surface area contributed by atoms with Crippen LogP contribution in [0, 0.1) is 0 Å². The Labute approximate surface area is 528 Å². The molecule has 0 aromatic rings. The van der Waals surface area contributed by atoms with Crippen molar-refractivity contribution in [2.24, 2.45) is 0 Å². The lowest BCUT2D eigenvalue weighted by molar-refractivity contribution is -0.136. The summed E-state index contributed by atoms with van der Waals surface area (Å²) in [6, 6.07) is -7.08. The molecule has 0 aromatic carbocycles. The van der Waals surface area contributed by atoms with Crippen molar-refractivity contribution in [3.8, 4) is 0 Å². The zero-order valence-corrected chi connectivity index (χ0v) is 54.6. The summed E-state index contributed by atoms with van der Waals surface area (Å²) in [4.78, 5) is 148. The third kappa shape index (κ3) is 33.3. The number of unbranched alkanes of at least 4 members (excludes halogenated alkanes) is 12. The van der Waals surface area contributed by atoms with Crippen molar-refractivity contribution in [2.75, 3.05) is 66.2 Å². The summed E-state index contributed by atoms with van der Waals surface area (Å²) in [5.41, 5.74) is 0. The van der Waals surface area contributed by atoms with E-state index in [4.69, 9.17) is 0 Å². The summed E-state index contributed by atoms with van der Waals surface area (Å²) in [5, 5.41) is 41.0. The molecule has 0 radical (unpaired) electrons. The molecule has 3 fully saturated rings. The van der Waals surface area contributed by atoms with Crippen molar-refractivity contribution in [3.63, 3.8) is 0 Å². The van der Waals surface area contributed by atoms with Crippen LogP contribution in [0.2, 0.25) is 0 Å². The fourth-order valence-electron chi connectivity index (χ4n) is 10.9. The van der Waals surface area contributed by atoms with Gasteiger partial charge in [-0.25, -0.2) is 4.79 Å². The highest BCUT2D eigenvalue weighted by atomic mass is 32.2. The first-order valence-corrected chi connectivity index (χ1v) is 34.3. The van der Waals surface area contributed by atoms with Gasteiger partial charge in [0.15, 0.2) is 0 Å². The van der Waals surface area contributed by atoms with Crippen LogP contribution in [-0.4, -0.2) is 185 Å². The molecule has 0 bridgehead atoms. The van der Waals surface area contributed by atoms with Crippen molar-refractivity contribution in [1.82, 2.24) is 74.4 Å². The van der Waals surface area contributed by atoms with Gasteiger partial charge in [-0.15, -0.1) is 0 Å². The number of fused-ring (bicyclic) bond motifs is 1. The summed E-state index contributed by atoms with van der Waals surface area (Å²) >= 11 is 1.83. The lowest BCUT2D eigenvalue weighted by Crippen LogP contribution is -2.60. The zero-order chi connectivity index (χ0) is 64.3. The average molecular weight is 1260 g/mol. The van der Waals surface area contributed by atoms with Crippen LogP contribution in [0.3, 0.4) is 0 Å². The van der Waals surface area contributed by atoms with Gasteiger partial charge < -0.3 is 74.4 Å². The molecule has 3 saturated heterocycles. The van der Waals surface area contributed by atoms with Crippen LogP contribution in [-0.2, 0) is 47.9 Å². The van der Waals surface area contributed by atoms with Crippen LogP contribution in [0.25, 0.3) is 0 Å². The standard InChI is InChI=1S/C62H112N14O11S/c1-43-56(81)71-46(29-17-23-39-66-52(78)33-13-8-21-37-64-4)58(83)69-44(2)57(82)72-48(28-12-6-10-26-45(77)27-11-7-20-36-63-3)60(85)74-49(31-19-25-41-68-54(80)35-16-15-32-51-55-50(42-88-51)75-62(87)76-55)61(86)73-47(59(84)70-43)30-18-24-40-67-53(79)34-14-9-22-38-65-5/h43-44,46-51,55,63-65H,6-42H2,1-5H3,(H,66,78)(H,67,79)(H,68,80)(H,69,83)(H,70,84)(H,71,81)(H,72,82)(H,73,86)(H,74,85)(H2,75,76,87)/t43-,44-,46+,47+,48+,49-,50?,51+,55?/m1/s1. The normalized spacial score (nSPS) is 22.7. The summed E-state index contributed by atoms with van der Waals surface area (Å²) < 4.78 is 0. The van der Waals surface area contributed by atoms with Crippen LogP contribution in [0.5, 0.6) is 0 Å². The zero-order valence-electron chi connectivity index (χ0n) is 53.8. The minimum absolute atomic E-state index is 0.0765. The van der Waals surface area contributed by atoms with Crippen LogP contribution in [0.15, 0.2) is 0 Å². The number of nitrogens with one attached hydrogen (secondary N) is 14. The number of Topliss-reactive ketones (excluding diaryl/α,β-unsaturated/α-hetero) is 1. The molecule has 502 valence electrons. The highest BCUT2D eigenvalue weighted by Gasteiger charge is 2.42. The highest BCUT2D eigenvalue weighted by Crippen LogP contribution is 2.33. The Morgan fingerprint density at radius 2 is 0.682 bits per heavy atom. The van der Waals surface area contributed by atoms with E-state index in [1.807, 2.05) is 32.9 Å². The predicted octanol–water partition coefficient (Wildman–Crippen LogP) is 2.39. The largest absolute Gasteiger partial charge is 0.356 e. The van der Waals surface area contributed by atoms with E-state index in [1.54, 1.807) is 0 Å². The van der Waals surface area contributed by atoms with Crippen LogP contribution < -0.4 is 74.4 Å². The minimum atomic E-state index is -1.22. The Kier molecular flexibility index (Phi) is 40.5. The van der Waals surface area contributed by atoms with Gasteiger partial charge in [-0.2, -0.15) is 11.8 Å². The minimum Gasteiger partial charge on any atom is -0.356 e. The smallest absolute Gasteiger partial charge is 0.315 e. The van der Waals surface area contributed by atoms with Gasteiger partial charge in [0, 0.05) is 62.7 Å². The van der Waals surface area contributed by atoms with Crippen molar-refractivity contribution in [2.45, 2.75) is 260 Å². The molecule has 0 saturated carbocycles. The van der Waals surface area contributed by atoms with E-state index in [-0.39, 0.29) is 67.3 Å². The van der Waals surface area contributed by atoms with Crippen LogP contribution in [0.4, 0.5) is 4.79 Å². The van der Waals surface area contributed by atoms with Crippen molar-refractivity contribution >= 4 is 76.7 Å². The molecule has 3 aliphatic rings. The van der Waals surface area contributed by atoms with Gasteiger partial charge in [0.05, 0.1) is 12.1 Å². The monoisotopic (exact) mass is 1260 g/mol. The van der Waals surface area contributed by atoms with Crippen molar-refractivity contribution in [1.29, 1.82) is 0 Å². The van der Waals surface area contributed by atoms with E-state index in [1.165, 1.54) is 13.8 Å². The number of rotatable bonds is 44. The first-order valence-electron chi connectivity index (χ1n) is 33.2. The molecule has 0 spiro atoms. The highest BCUT2D eigenvalue weighted by molar-refractivity contribution is 8.00. The molecular weight excluding hydrogens is 1150 g/mol. The topological polar surface area (TPSA) is 356 Å². The Hall–Kier alpha value is -5.60. The van der Waals surface area contributed by atoms with Gasteiger partial charge in [-0.1, -0.05) is 38.5 Å². The summed E-state index contributed by atoms with van der Waals surface area (Å²) in [6.07, 6.45) is 16.9. The SMILES string of the molecule is CNCCCCCC(=O)CCCCC[C@@H]1NC(=O)[C@@H](C)NC(=O)[C@H](CCCCNC(=O)CCCCCNC)NC(=O)[C@@H](C)NC(=O)[C@H](CCCCNC(=O)CCCCCNC)NC(=O)[C@@H](CCCCNC(=O)CCCC[C@@H]2SCC3NC(=O)NC32)NC1=O. The molecule has 88 heavy (non-hydrogen) atoms. The maximum atomic E-state index is 14.6. The fourth-order valence-corrected chi connectivity index (χ4v) is 12.5. The van der Waals surface area contributed by atoms with E-state index < -0.39 is 71.7 Å². The molecular formula is C62H112N14O11S. The quantitative estimate of drug-likeness (QED) is 0.0308. The second kappa shape index (κ2) is 46.5. The molecule has 3 aliphatic heterocycles. The molecule has 9 atom stereocenters. The van der Waals surface area contributed by atoms with Gasteiger partial charge in [0.1, 0.15) is 42.0 Å². The molecule has 3 heterocycles. The van der Waals surface area contributed by atoms with Gasteiger partial charge >= 0.3 is 6.03 Å². The third-order valence-corrected chi connectivity index (χ3v) is 17.8. The molecule has 11 amide bonds. The second-order valence-electron chi connectivity index (χ2n) is 24.0. The van der Waals surface area contributed by atoms with Gasteiger partial charge in [0.25, 0.3) is 0 Å². The van der Waals surface area contributed by atoms with Crippen molar-refractivity contribution < 1.29 is 52.7 Å². The van der Waals surface area contributed by atoms with Crippen LogP contribution >= 0.6 is 11.8 Å². The van der Waals surface area contributed by atoms with E-state index in [2.05, 4.69) is 74.4 Å². The number of hydrogen-bond donors (Lipinski definition) is 14. The number of ketones is 1. The van der Waals surface area contributed by atoms with E-state index in [0.717, 1.165) is 96.0 Å². The lowest BCUT2D eigenvalue weighted by Gasteiger charge is -2.28. The Balaban J connectivity index is 1.81. The number of urea groups is 1. The first kappa shape index (κ1) is 76.6. The second-order valence-corrected chi connectivity index (χ2v) is 25.3. The average Bonchev–Trinajstić information content (AvgIpc) is 3.08. The first-order chi connectivity index (χ1) is 42.4. The molecule has 0 aromatic heterocycles. The van der Waals surface area contributed by atoms with E-state index >= 15 is 0 Å². The van der Waals surface area contributed by atoms with Crippen LogP contribution in [0.1, 0.15) is 206 Å². The maximum Gasteiger partial charge on any atom is 0.315 e. The Bertz CT molecular complexity index is 2110. The lowest BCUT2D eigenvalue weighted by atomic mass is 10.0. The van der Waals surface area contributed by atoms with E-state index in [9.17, 15) is 52.7 Å². The third-order valence-electron chi connectivity index (χ3n) is 16.3. The molecule has 25 nitrogen and oxygen atoms in total. The Morgan fingerprint density at radius 1 is 0.364 bits per heavy atom. The fraction of sp³-hybridized carbons (Fsp3) is 0.823. The summed E-state index contributed by atoms with van der Waals surface area (Å²) in [6.45, 7) is 6.52. The van der Waals surface area contributed by atoms with Gasteiger partial charge in [0.2, 0.25) is 53.2 Å². The molecule has 3 rings (SSSR count). The summed E-state index contributed by atoms with van der Waals surface area (Å²) in [5.74, 6) is -3.35.